The molecule has 21 heavy (non-hydrogen) atoms. The molecular weight excluding hydrogens is 290 g/mol. The lowest BCUT2D eigenvalue weighted by Crippen LogP contribution is -2.42. The van der Waals surface area contributed by atoms with Gasteiger partial charge >= 0.3 is 0 Å². The first-order valence-electron chi connectivity index (χ1n) is 6.91. The lowest BCUT2D eigenvalue weighted by Gasteiger charge is -2.31. The fourth-order valence-corrected chi connectivity index (χ4v) is 2.79. The third-order valence-electron chi connectivity index (χ3n) is 3.35. The molecule has 1 aliphatic heterocycles. The summed E-state index contributed by atoms with van der Waals surface area (Å²) < 4.78 is 11.3. The highest BCUT2D eigenvalue weighted by Gasteiger charge is 2.30. The molecule has 0 N–H and O–H groups in total. The molecule has 2 aromatic rings. The minimum Gasteiger partial charge on any atom is -0.422 e. The largest absolute Gasteiger partial charge is 0.422 e. The second-order valence-corrected chi connectivity index (χ2v) is 6.04. The van der Waals surface area contributed by atoms with Gasteiger partial charge in [0.1, 0.15) is 0 Å². The van der Waals surface area contributed by atoms with Gasteiger partial charge in [-0.3, -0.25) is 4.79 Å². The van der Waals surface area contributed by atoms with Crippen LogP contribution in [0.2, 0.25) is 0 Å². The van der Waals surface area contributed by atoms with E-state index >= 15 is 0 Å². The van der Waals surface area contributed by atoms with E-state index in [9.17, 15) is 4.79 Å². The number of thiophene rings is 1. The van der Waals surface area contributed by atoms with Crippen LogP contribution in [0.5, 0.6) is 0 Å². The van der Waals surface area contributed by atoms with E-state index in [-0.39, 0.29) is 17.9 Å². The molecule has 0 bridgehead atoms. The summed E-state index contributed by atoms with van der Waals surface area (Å²) in [7, 11) is 0. The summed E-state index contributed by atoms with van der Waals surface area (Å²) in [4.78, 5) is 14.1. The fraction of sp³-hybridized carbons (Fsp3) is 0.500. The molecule has 0 radical (unpaired) electrons. The van der Waals surface area contributed by atoms with Crippen molar-refractivity contribution in [1.29, 1.82) is 0 Å². The van der Waals surface area contributed by atoms with Crippen LogP contribution >= 0.6 is 11.3 Å². The van der Waals surface area contributed by atoms with Crippen LogP contribution in [0.3, 0.4) is 0 Å². The number of carbonyl (C=O) groups is 1. The number of nitrogens with zero attached hydrogens (tertiary/aromatic N) is 3. The van der Waals surface area contributed by atoms with Crippen LogP contribution in [0.4, 0.5) is 0 Å². The van der Waals surface area contributed by atoms with Crippen molar-refractivity contribution in [2.45, 2.75) is 25.9 Å². The van der Waals surface area contributed by atoms with E-state index in [0.29, 0.717) is 37.0 Å². The summed E-state index contributed by atoms with van der Waals surface area (Å²) in [6, 6.07) is 1.83. The van der Waals surface area contributed by atoms with Crippen molar-refractivity contribution in [1.82, 2.24) is 15.1 Å². The van der Waals surface area contributed by atoms with E-state index in [1.807, 2.05) is 30.7 Å². The Morgan fingerprint density at radius 1 is 1.48 bits per heavy atom. The lowest BCUT2D eigenvalue weighted by atomic mass is 10.2. The van der Waals surface area contributed by atoms with Gasteiger partial charge < -0.3 is 14.1 Å². The minimum absolute atomic E-state index is 0.0214. The van der Waals surface area contributed by atoms with E-state index in [1.54, 1.807) is 4.90 Å². The van der Waals surface area contributed by atoms with Gasteiger partial charge in [0.25, 0.3) is 5.91 Å². The van der Waals surface area contributed by atoms with Gasteiger partial charge in [-0.25, -0.2) is 0 Å². The first-order chi connectivity index (χ1) is 10.1. The van der Waals surface area contributed by atoms with E-state index < -0.39 is 0 Å². The number of amides is 1. The van der Waals surface area contributed by atoms with Crippen LogP contribution < -0.4 is 0 Å². The van der Waals surface area contributed by atoms with Gasteiger partial charge in [-0.15, -0.1) is 10.2 Å². The quantitative estimate of drug-likeness (QED) is 0.871. The minimum atomic E-state index is -0.346. The Bertz CT molecular complexity index is 609. The highest BCUT2D eigenvalue weighted by molar-refractivity contribution is 7.08. The standard InChI is InChI=1S/C14H17N3O3S/c1-9(2)12-15-16-13(20-12)11-7-17(4-5-19-11)14(18)10-3-6-21-8-10/h3,6,8-9,11H,4-5,7H2,1-2H3. The molecule has 1 amide bonds. The van der Waals surface area contributed by atoms with Crippen LogP contribution in [0.1, 0.15) is 48.0 Å². The number of hydrogen-bond acceptors (Lipinski definition) is 6. The molecule has 0 saturated carbocycles. The molecule has 0 spiro atoms. The monoisotopic (exact) mass is 307 g/mol. The molecule has 7 heteroatoms. The Labute approximate surface area is 126 Å². The van der Waals surface area contributed by atoms with Crippen molar-refractivity contribution in [3.8, 4) is 0 Å². The fourth-order valence-electron chi connectivity index (χ4n) is 2.16. The molecule has 1 unspecified atom stereocenters. The zero-order valence-electron chi connectivity index (χ0n) is 12.0. The first-order valence-corrected chi connectivity index (χ1v) is 7.86. The van der Waals surface area contributed by atoms with Crippen LogP contribution in [-0.4, -0.2) is 40.7 Å². The normalized spacial score (nSPS) is 19.2. The van der Waals surface area contributed by atoms with Crippen molar-refractivity contribution in [2.75, 3.05) is 19.7 Å². The van der Waals surface area contributed by atoms with E-state index in [4.69, 9.17) is 9.15 Å². The number of aromatic nitrogens is 2. The zero-order valence-corrected chi connectivity index (χ0v) is 12.8. The highest BCUT2D eigenvalue weighted by Crippen LogP contribution is 2.24. The van der Waals surface area contributed by atoms with Crippen LogP contribution in [0, 0.1) is 0 Å². The second kappa shape index (κ2) is 5.95. The Kier molecular flexibility index (Phi) is 4.03. The van der Waals surface area contributed by atoms with Crippen molar-refractivity contribution in [2.24, 2.45) is 0 Å². The molecule has 1 atom stereocenters. The summed E-state index contributed by atoms with van der Waals surface area (Å²) in [6.45, 7) is 5.47. The summed E-state index contributed by atoms with van der Waals surface area (Å²) in [6.07, 6.45) is -0.346. The van der Waals surface area contributed by atoms with Crippen molar-refractivity contribution >= 4 is 17.2 Å². The van der Waals surface area contributed by atoms with Gasteiger partial charge in [-0.05, 0) is 11.4 Å². The molecule has 0 aromatic carbocycles. The molecule has 112 valence electrons. The average molecular weight is 307 g/mol. The first kappa shape index (κ1) is 14.2. The van der Waals surface area contributed by atoms with E-state index in [1.165, 1.54) is 11.3 Å². The molecule has 0 aliphatic carbocycles. The molecule has 3 heterocycles. The van der Waals surface area contributed by atoms with Gasteiger partial charge in [-0.2, -0.15) is 11.3 Å². The van der Waals surface area contributed by atoms with Crippen molar-refractivity contribution in [3.63, 3.8) is 0 Å². The van der Waals surface area contributed by atoms with Crippen molar-refractivity contribution in [3.05, 3.63) is 34.2 Å². The Balaban J connectivity index is 1.72. The molecular formula is C14H17N3O3S. The third-order valence-corrected chi connectivity index (χ3v) is 4.03. The average Bonchev–Trinajstić information content (AvgIpc) is 3.18. The predicted octanol–water partition coefficient (Wildman–Crippen LogP) is 2.47. The topological polar surface area (TPSA) is 68.5 Å². The van der Waals surface area contributed by atoms with Gasteiger partial charge in [0, 0.05) is 17.8 Å². The lowest BCUT2D eigenvalue weighted by molar-refractivity contribution is -0.0351. The van der Waals surface area contributed by atoms with E-state index in [2.05, 4.69) is 10.2 Å². The Morgan fingerprint density at radius 2 is 2.33 bits per heavy atom. The zero-order chi connectivity index (χ0) is 14.8. The maximum absolute atomic E-state index is 12.4. The summed E-state index contributed by atoms with van der Waals surface area (Å²) >= 11 is 1.52. The number of hydrogen-bond donors (Lipinski definition) is 0. The van der Waals surface area contributed by atoms with Crippen LogP contribution in [0.25, 0.3) is 0 Å². The SMILES string of the molecule is CC(C)c1nnc(C2CN(C(=O)c3ccsc3)CCO2)o1. The summed E-state index contributed by atoms with van der Waals surface area (Å²) in [5.41, 5.74) is 0.717. The molecule has 2 aromatic heterocycles. The maximum atomic E-state index is 12.4. The third kappa shape index (κ3) is 2.98. The van der Waals surface area contributed by atoms with Gasteiger partial charge in [0.2, 0.25) is 11.8 Å². The summed E-state index contributed by atoms with van der Waals surface area (Å²) in [5.74, 6) is 1.24. The molecule has 1 fully saturated rings. The van der Waals surface area contributed by atoms with Crippen LogP contribution in [0.15, 0.2) is 21.2 Å². The number of rotatable bonds is 3. The maximum Gasteiger partial charge on any atom is 0.254 e. The smallest absolute Gasteiger partial charge is 0.254 e. The number of morpholine rings is 1. The van der Waals surface area contributed by atoms with Crippen LogP contribution in [-0.2, 0) is 4.74 Å². The molecule has 6 nitrogen and oxygen atoms in total. The molecule has 3 rings (SSSR count). The summed E-state index contributed by atoms with van der Waals surface area (Å²) in [5, 5.41) is 11.8. The molecule has 1 saturated heterocycles. The van der Waals surface area contributed by atoms with Gasteiger partial charge in [0.15, 0.2) is 6.10 Å². The highest BCUT2D eigenvalue weighted by atomic mass is 32.1. The number of carbonyl (C=O) groups excluding carboxylic acids is 1. The number of ether oxygens (including phenoxy) is 1. The Hall–Kier alpha value is -1.73. The van der Waals surface area contributed by atoms with Gasteiger partial charge in [0.05, 0.1) is 18.7 Å². The molecule has 1 aliphatic rings. The van der Waals surface area contributed by atoms with Gasteiger partial charge in [-0.1, -0.05) is 13.8 Å². The van der Waals surface area contributed by atoms with Crippen molar-refractivity contribution < 1.29 is 13.9 Å². The predicted molar refractivity (Wildman–Crippen MR) is 77.3 cm³/mol. The Morgan fingerprint density at radius 3 is 3.00 bits per heavy atom. The second-order valence-electron chi connectivity index (χ2n) is 5.26. The van der Waals surface area contributed by atoms with E-state index in [0.717, 1.165) is 0 Å².